The monoisotopic (exact) mass is 514 g/mol. The number of carbonyl (C=O) groups is 2. The standard InChI is InChI=1S/C28H42F4N2O2/c1-19(2)15-22(18-33)16-24(35)13-10-20-5-3-7-23(12-9-20)34-27(36)8-4-6-21-11-14-25(26(29)17-21)28(30,31)32/h11,14,17,19-20,22-23H,3-10,12-13,15-16,18,33H2,1-2H3,(H,34,36). The molecule has 0 saturated heterocycles. The summed E-state index contributed by atoms with van der Waals surface area (Å²) in [7, 11) is 0. The molecule has 1 aromatic rings. The molecule has 4 nitrogen and oxygen atoms in total. The van der Waals surface area contributed by atoms with E-state index in [1.807, 2.05) is 0 Å². The maximum atomic E-state index is 13.7. The Morgan fingerprint density at radius 2 is 1.86 bits per heavy atom. The molecular weight excluding hydrogens is 472 g/mol. The number of rotatable bonds is 13. The molecule has 8 heteroatoms. The number of nitrogens with one attached hydrogen (secondary N) is 1. The molecule has 36 heavy (non-hydrogen) atoms. The number of alkyl halides is 3. The van der Waals surface area contributed by atoms with Crippen molar-refractivity contribution in [3.63, 3.8) is 0 Å². The Labute approximate surface area is 212 Å². The maximum absolute atomic E-state index is 13.7. The molecule has 1 aromatic carbocycles. The van der Waals surface area contributed by atoms with Gasteiger partial charge in [-0.3, -0.25) is 9.59 Å². The van der Waals surface area contributed by atoms with E-state index in [0.29, 0.717) is 55.4 Å². The summed E-state index contributed by atoms with van der Waals surface area (Å²) in [5, 5.41) is 3.08. The molecule has 0 aromatic heterocycles. The molecular formula is C28H42F4N2O2. The van der Waals surface area contributed by atoms with Gasteiger partial charge in [0.25, 0.3) is 0 Å². The molecule has 2 rings (SSSR count). The van der Waals surface area contributed by atoms with Crippen molar-refractivity contribution in [1.82, 2.24) is 5.32 Å². The predicted molar refractivity (Wildman–Crippen MR) is 134 cm³/mol. The topological polar surface area (TPSA) is 72.2 Å². The van der Waals surface area contributed by atoms with E-state index in [-0.39, 0.29) is 24.3 Å². The van der Waals surface area contributed by atoms with Crippen LogP contribution in [0.4, 0.5) is 17.6 Å². The summed E-state index contributed by atoms with van der Waals surface area (Å²) in [5.41, 5.74) is 5.00. The van der Waals surface area contributed by atoms with Gasteiger partial charge in [0, 0.05) is 25.3 Å². The van der Waals surface area contributed by atoms with Gasteiger partial charge in [-0.25, -0.2) is 4.39 Å². The van der Waals surface area contributed by atoms with Gasteiger partial charge in [-0.15, -0.1) is 0 Å². The van der Waals surface area contributed by atoms with Crippen molar-refractivity contribution in [3.05, 3.63) is 35.1 Å². The van der Waals surface area contributed by atoms with Crippen molar-refractivity contribution >= 4 is 11.7 Å². The lowest BCUT2D eigenvalue weighted by atomic mass is 9.89. The Morgan fingerprint density at radius 3 is 2.50 bits per heavy atom. The highest BCUT2D eigenvalue weighted by Gasteiger charge is 2.33. The third-order valence-corrected chi connectivity index (χ3v) is 7.15. The molecule has 3 N–H and O–H groups in total. The second-order valence-electron chi connectivity index (χ2n) is 10.8. The number of benzene rings is 1. The zero-order chi connectivity index (χ0) is 26.7. The minimum Gasteiger partial charge on any atom is -0.353 e. The second-order valence-corrected chi connectivity index (χ2v) is 10.8. The van der Waals surface area contributed by atoms with Crippen molar-refractivity contribution in [2.75, 3.05) is 6.54 Å². The fourth-order valence-electron chi connectivity index (χ4n) is 5.23. The first-order chi connectivity index (χ1) is 17.0. The minimum atomic E-state index is -4.71. The lowest BCUT2D eigenvalue weighted by Gasteiger charge is -2.18. The number of halogens is 4. The summed E-state index contributed by atoms with van der Waals surface area (Å²) in [6, 6.07) is 3.02. The van der Waals surface area contributed by atoms with Gasteiger partial charge in [0.2, 0.25) is 5.91 Å². The third-order valence-electron chi connectivity index (χ3n) is 7.15. The van der Waals surface area contributed by atoms with E-state index < -0.39 is 17.6 Å². The van der Waals surface area contributed by atoms with E-state index >= 15 is 0 Å². The smallest absolute Gasteiger partial charge is 0.353 e. The van der Waals surface area contributed by atoms with E-state index in [2.05, 4.69) is 19.2 Å². The second kappa shape index (κ2) is 14.7. The van der Waals surface area contributed by atoms with Crippen molar-refractivity contribution in [2.45, 2.75) is 103 Å². The van der Waals surface area contributed by atoms with Crippen molar-refractivity contribution in [1.29, 1.82) is 0 Å². The highest BCUT2D eigenvalue weighted by Crippen LogP contribution is 2.32. The van der Waals surface area contributed by atoms with Crippen LogP contribution in [0.5, 0.6) is 0 Å². The van der Waals surface area contributed by atoms with Gasteiger partial charge < -0.3 is 11.1 Å². The highest BCUT2D eigenvalue weighted by atomic mass is 19.4. The first-order valence-corrected chi connectivity index (χ1v) is 13.3. The number of nitrogens with two attached hydrogens (primary N) is 1. The third kappa shape index (κ3) is 11.0. The maximum Gasteiger partial charge on any atom is 0.419 e. The Bertz CT molecular complexity index is 841. The fourth-order valence-corrected chi connectivity index (χ4v) is 5.23. The Hall–Kier alpha value is -1.96. The summed E-state index contributed by atoms with van der Waals surface area (Å²) in [5.74, 6) is 0.227. The molecule has 1 aliphatic rings. The average molecular weight is 515 g/mol. The molecule has 1 amide bonds. The lowest BCUT2D eigenvalue weighted by molar-refractivity contribution is -0.140. The minimum absolute atomic E-state index is 0.0843. The molecule has 3 unspecified atom stereocenters. The van der Waals surface area contributed by atoms with Gasteiger partial charge in [0.15, 0.2) is 0 Å². The molecule has 0 radical (unpaired) electrons. The van der Waals surface area contributed by atoms with Crippen LogP contribution in [-0.2, 0) is 22.2 Å². The van der Waals surface area contributed by atoms with Crippen LogP contribution in [0, 0.1) is 23.6 Å². The summed E-state index contributed by atoms with van der Waals surface area (Å²) < 4.78 is 51.7. The number of carbonyl (C=O) groups excluding carboxylic acids is 2. The molecule has 0 aliphatic heterocycles. The molecule has 3 atom stereocenters. The molecule has 1 fully saturated rings. The largest absolute Gasteiger partial charge is 0.419 e. The fraction of sp³-hybridized carbons (Fsp3) is 0.714. The summed E-state index contributed by atoms with van der Waals surface area (Å²) in [6.07, 6.45) is 4.19. The van der Waals surface area contributed by atoms with Gasteiger partial charge >= 0.3 is 6.18 Å². The van der Waals surface area contributed by atoms with Crippen LogP contribution < -0.4 is 11.1 Å². The normalized spacial score (nSPS) is 19.7. The molecule has 204 valence electrons. The first-order valence-electron chi connectivity index (χ1n) is 13.3. The van der Waals surface area contributed by atoms with Gasteiger partial charge in [0.05, 0.1) is 5.56 Å². The van der Waals surface area contributed by atoms with Gasteiger partial charge in [-0.1, -0.05) is 32.8 Å². The summed E-state index contributed by atoms with van der Waals surface area (Å²) in [6.45, 7) is 4.85. The van der Waals surface area contributed by atoms with Crippen LogP contribution in [0.15, 0.2) is 18.2 Å². The number of hydrogen-bond donors (Lipinski definition) is 2. The summed E-state index contributed by atoms with van der Waals surface area (Å²) >= 11 is 0. The van der Waals surface area contributed by atoms with E-state index in [9.17, 15) is 27.2 Å². The van der Waals surface area contributed by atoms with Crippen LogP contribution in [0.1, 0.15) is 95.6 Å². The van der Waals surface area contributed by atoms with Gasteiger partial charge in [0.1, 0.15) is 11.6 Å². The van der Waals surface area contributed by atoms with Crippen molar-refractivity contribution in [2.24, 2.45) is 23.5 Å². The van der Waals surface area contributed by atoms with Crippen LogP contribution in [0.2, 0.25) is 0 Å². The van der Waals surface area contributed by atoms with Gasteiger partial charge in [-0.2, -0.15) is 13.2 Å². The van der Waals surface area contributed by atoms with Crippen LogP contribution in [-0.4, -0.2) is 24.3 Å². The number of hydrogen-bond acceptors (Lipinski definition) is 3. The number of Topliss-reactive ketones (excluding diaryl/α,β-unsaturated/α-hetero) is 1. The molecule has 0 spiro atoms. The summed E-state index contributed by atoms with van der Waals surface area (Å²) in [4.78, 5) is 24.8. The Morgan fingerprint density at radius 1 is 1.11 bits per heavy atom. The Balaban J connectivity index is 1.68. The van der Waals surface area contributed by atoms with Gasteiger partial charge in [-0.05, 0) is 86.9 Å². The zero-order valence-electron chi connectivity index (χ0n) is 21.6. The predicted octanol–water partition coefficient (Wildman–Crippen LogP) is 6.59. The molecule has 1 aliphatic carbocycles. The van der Waals surface area contributed by atoms with Crippen molar-refractivity contribution in [3.8, 4) is 0 Å². The van der Waals surface area contributed by atoms with Crippen LogP contribution in [0.3, 0.4) is 0 Å². The first kappa shape index (κ1) is 30.3. The zero-order valence-corrected chi connectivity index (χ0v) is 21.6. The lowest BCUT2D eigenvalue weighted by Crippen LogP contribution is -2.34. The van der Waals surface area contributed by atoms with Crippen LogP contribution in [0.25, 0.3) is 0 Å². The highest BCUT2D eigenvalue weighted by molar-refractivity contribution is 5.78. The number of amides is 1. The number of ketones is 1. The van der Waals surface area contributed by atoms with E-state index in [0.717, 1.165) is 57.1 Å². The average Bonchev–Trinajstić information content (AvgIpc) is 3.01. The Kier molecular flexibility index (Phi) is 12.4. The van der Waals surface area contributed by atoms with E-state index in [1.165, 1.54) is 6.07 Å². The number of aryl methyl sites for hydroxylation is 1. The molecule has 0 bridgehead atoms. The molecule has 1 saturated carbocycles. The van der Waals surface area contributed by atoms with E-state index in [4.69, 9.17) is 5.73 Å². The SMILES string of the molecule is CC(C)CC(CN)CC(=O)CCC1CCCC(NC(=O)CCCc2ccc(C(F)(F)F)c(F)c2)CC1. The van der Waals surface area contributed by atoms with Crippen LogP contribution >= 0.6 is 0 Å². The van der Waals surface area contributed by atoms with E-state index in [1.54, 1.807) is 0 Å². The molecule has 0 heterocycles. The quantitative estimate of drug-likeness (QED) is 0.230. The van der Waals surface area contributed by atoms with Crippen molar-refractivity contribution < 1.29 is 27.2 Å².